The summed E-state index contributed by atoms with van der Waals surface area (Å²) in [6.07, 6.45) is 1.68. The molecule has 0 radical (unpaired) electrons. The first kappa shape index (κ1) is 28.7. The molecule has 1 heterocycles. The van der Waals surface area contributed by atoms with Crippen molar-refractivity contribution < 1.29 is 14.4 Å². The Bertz CT molecular complexity index is 1760. The molecule has 1 atom stereocenters. The Balaban J connectivity index is 1.31. The van der Waals surface area contributed by atoms with Crippen LogP contribution in [0.3, 0.4) is 0 Å². The van der Waals surface area contributed by atoms with Crippen molar-refractivity contribution in [2.45, 2.75) is 24.0 Å². The summed E-state index contributed by atoms with van der Waals surface area (Å²) in [6.45, 7) is 3.63. The number of hydrogen-bond donors (Lipinski definition) is 3. The predicted molar refractivity (Wildman–Crippen MR) is 169 cm³/mol. The fourth-order valence-electron chi connectivity index (χ4n) is 4.10. The van der Waals surface area contributed by atoms with E-state index in [9.17, 15) is 14.4 Å². The van der Waals surface area contributed by atoms with Crippen LogP contribution in [0.2, 0.25) is 0 Å². The number of rotatable bonds is 9. The Morgan fingerprint density at radius 2 is 1.55 bits per heavy atom. The van der Waals surface area contributed by atoms with Crippen molar-refractivity contribution in [1.29, 1.82) is 0 Å². The van der Waals surface area contributed by atoms with E-state index in [2.05, 4.69) is 26.1 Å². The van der Waals surface area contributed by atoms with Crippen molar-refractivity contribution >= 4 is 68.5 Å². The molecule has 210 valence electrons. The second-order valence-electron chi connectivity index (χ2n) is 9.30. The molecule has 3 amide bonds. The molecule has 0 spiro atoms. The van der Waals surface area contributed by atoms with Gasteiger partial charge in [-0.1, -0.05) is 72.0 Å². The molecule has 42 heavy (non-hydrogen) atoms. The number of hydrogen-bond acceptors (Lipinski definition) is 7. The SMILES string of the molecule is Cc1nnc(NC(=O)C(C)Sc2ccc(NC(=O)/C(=C/c3cccc4ccccc34)NC(=O)c3ccccc3)cc2)s1. The highest BCUT2D eigenvalue weighted by atomic mass is 32.2. The van der Waals surface area contributed by atoms with Gasteiger partial charge < -0.3 is 10.6 Å². The minimum atomic E-state index is -0.465. The van der Waals surface area contributed by atoms with Gasteiger partial charge in [0, 0.05) is 16.1 Å². The fraction of sp³-hybridized carbons (Fsp3) is 0.0938. The quantitative estimate of drug-likeness (QED) is 0.132. The van der Waals surface area contributed by atoms with Crippen LogP contribution in [-0.4, -0.2) is 33.2 Å². The zero-order valence-electron chi connectivity index (χ0n) is 22.8. The lowest BCUT2D eigenvalue weighted by atomic mass is 10.0. The molecule has 0 bridgehead atoms. The van der Waals surface area contributed by atoms with E-state index in [0.29, 0.717) is 16.4 Å². The summed E-state index contributed by atoms with van der Waals surface area (Å²) in [5.41, 5.74) is 1.89. The first-order valence-electron chi connectivity index (χ1n) is 13.1. The van der Waals surface area contributed by atoms with Gasteiger partial charge in [0.05, 0.1) is 5.25 Å². The second-order valence-corrected chi connectivity index (χ2v) is 11.9. The van der Waals surface area contributed by atoms with E-state index in [1.807, 2.05) is 74.5 Å². The van der Waals surface area contributed by atoms with Gasteiger partial charge in [-0.15, -0.1) is 22.0 Å². The maximum atomic E-state index is 13.5. The first-order valence-corrected chi connectivity index (χ1v) is 14.8. The summed E-state index contributed by atoms with van der Waals surface area (Å²) < 4.78 is 0. The minimum absolute atomic E-state index is 0.107. The van der Waals surface area contributed by atoms with Crippen LogP contribution >= 0.6 is 23.1 Å². The smallest absolute Gasteiger partial charge is 0.272 e. The highest BCUT2D eigenvalue weighted by Gasteiger charge is 2.18. The highest BCUT2D eigenvalue weighted by Crippen LogP contribution is 2.27. The Morgan fingerprint density at radius 3 is 2.29 bits per heavy atom. The molecular weight excluding hydrogens is 567 g/mol. The van der Waals surface area contributed by atoms with Gasteiger partial charge in [-0.05, 0) is 72.7 Å². The molecule has 5 aromatic rings. The molecular formula is C32H27N5O3S2. The van der Waals surface area contributed by atoms with Crippen LogP contribution in [0.4, 0.5) is 10.8 Å². The maximum absolute atomic E-state index is 13.5. The highest BCUT2D eigenvalue weighted by molar-refractivity contribution is 8.00. The Morgan fingerprint density at radius 1 is 0.833 bits per heavy atom. The molecule has 10 heteroatoms. The number of amides is 3. The van der Waals surface area contributed by atoms with Gasteiger partial charge in [-0.2, -0.15) is 0 Å². The van der Waals surface area contributed by atoms with Crippen LogP contribution in [0.15, 0.2) is 108 Å². The topological polar surface area (TPSA) is 113 Å². The number of aromatic nitrogens is 2. The number of fused-ring (bicyclic) bond motifs is 1. The summed E-state index contributed by atoms with van der Waals surface area (Å²) in [5, 5.41) is 19.1. The monoisotopic (exact) mass is 593 g/mol. The maximum Gasteiger partial charge on any atom is 0.272 e. The lowest BCUT2D eigenvalue weighted by molar-refractivity contribution is -0.115. The second kappa shape index (κ2) is 13.2. The summed E-state index contributed by atoms with van der Waals surface area (Å²) in [7, 11) is 0. The van der Waals surface area contributed by atoms with Crippen molar-refractivity contribution in [2.75, 3.05) is 10.6 Å². The van der Waals surface area contributed by atoms with Crippen molar-refractivity contribution in [3.8, 4) is 0 Å². The van der Waals surface area contributed by atoms with Gasteiger partial charge in [0.15, 0.2) is 0 Å². The summed E-state index contributed by atoms with van der Waals surface area (Å²) >= 11 is 2.70. The van der Waals surface area contributed by atoms with Gasteiger partial charge in [-0.3, -0.25) is 19.7 Å². The normalized spacial score (nSPS) is 12.0. The molecule has 5 rings (SSSR count). The van der Waals surface area contributed by atoms with Crippen LogP contribution in [0, 0.1) is 6.92 Å². The van der Waals surface area contributed by atoms with E-state index < -0.39 is 5.91 Å². The molecule has 0 fully saturated rings. The van der Waals surface area contributed by atoms with Gasteiger partial charge >= 0.3 is 0 Å². The molecule has 0 saturated heterocycles. The van der Waals surface area contributed by atoms with E-state index in [1.165, 1.54) is 23.1 Å². The third kappa shape index (κ3) is 7.28. The van der Waals surface area contributed by atoms with Crippen LogP contribution in [0.25, 0.3) is 16.8 Å². The molecule has 1 aromatic heterocycles. The van der Waals surface area contributed by atoms with Crippen molar-refractivity contribution in [2.24, 2.45) is 0 Å². The standard InChI is InChI=1S/C32H27N5O3S2/c1-20(29(38)35-32-37-36-21(2)42-32)41-26-17-15-25(16-18-26)33-31(40)28(34-30(39)23-10-4-3-5-11-23)19-24-13-8-12-22-9-6-7-14-27(22)24/h3-20H,1-2H3,(H,33,40)(H,34,39)(H,35,37,38)/b28-19-. The number of carbonyl (C=O) groups is 3. The van der Waals surface area contributed by atoms with Crippen LogP contribution < -0.4 is 16.0 Å². The average Bonchev–Trinajstić information content (AvgIpc) is 3.42. The molecule has 0 saturated carbocycles. The molecule has 1 unspecified atom stereocenters. The molecule has 3 N–H and O–H groups in total. The number of nitrogens with zero attached hydrogens (tertiary/aromatic N) is 2. The number of aryl methyl sites for hydroxylation is 1. The number of carbonyl (C=O) groups excluding carboxylic acids is 3. The van der Waals surface area contributed by atoms with E-state index in [1.54, 1.807) is 42.5 Å². The zero-order valence-corrected chi connectivity index (χ0v) is 24.5. The summed E-state index contributed by atoms with van der Waals surface area (Å²) in [4.78, 5) is 39.9. The number of nitrogens with one attached hydrogen (secondary N) is 3. The number of thioether (sulfide) groups is 1. The summed E-state index contributed by atoms with van der Waals surface area (Å²) in [6, 6.07) is 29.6. The van der Waals surface area contributed by atoms with E-state index >= 15 is 0 Å². The van der Waals surface area contributed by atoms with Gasteiger partial charge in [-0.25, -0.2) is 0 Å². The van der Waals surface area contributed by atoms with Gasteiger partial charge in [0.25, 0.3) is 11.8 Å². The summed E-state index contributed by atoms with van der Waals surface area (Å²) in [5.74, 6) is -1.03. The lowest BCUT2D eigenvalue weighted by Crippen LogP contribution is -2.30. The molecule has 4 aromatic carbocycles. The predicted octanol–water partition coefficient (Wildman–Crippen LogP) is 6.53. The van der Waals surface area contributed by atoms with Gasteiger partial charge in [0.2, 0.25) is 11.0 Å². The van der Waals surface area contributed by atoms with E-state index in [0.717, 1.165) is 26.2 Å². The third-order valence-electron chi connectivity index (χ3n) is 6.20. The fourth-order valence-corrected chi connectivity index (χ4v) is 5.56. The Labute approximate surface area is 251 Å². The van der Waals surface area contributed by atoms with Crippen LogP contribution in [0.5, 0.6) is 0 Å². The zero-order chi connectivity index (χ0) is 29.5. The largest absolute Gasteiger partial charge is 0.321 e. The number of benzene rings is 4. The molecule has 0 aliphatic heterocycles. The molecule has 0 aliphatic rings. The minimum Gasteiger partial charge on any atom is -0.321 e. The third-order valence-corrected chi connectivity index (χ3v) is 8.07. The van der Waals surface area contributed by atoms with Crippen LogP contribution in [0.1, 0.15) is 27.9 Å². The molecule has 8 nitrogen and oxygen atoms in total. The van der Waals surface area contributed by atoms with Crippen LogP contribution in [-0.2, 0) is 9.59 Å². The van der Waals surface area contributed by atoms with Crippen molar-refractivity contribution in [3.63, 3.8) is 0 Å². The van der Waals surface area contributed by atoms with Gasteiger partial charge in [0.1, 0.15) is 10.7 Å². The average molecular weight is 594 g/mol. The van der Waals surface area contributed by atoms with E-state index in [4.69, 9.17) is 0 Å². The number of anilines is 2. The molecule has 0 aliphatic carbocycles. The van der Waals surface area contributed by atoms with Crippen molar-refractivity contribution in [1.82, 2.24) is 15.5 Å². The van der Waals surface area contributed by atoms with Crippen molar-refractivity contribution in [3.05, 3.63) is 119 Å². The van der Waals surface area contributed by atoms with E-state index in [-0.39, 0.29) is 22.8 Å². The Kier molecular flexibility index (Phi) is 9.05. The lowest BCUT2D eigenvalue weighted by Gasteiger charge is -2.13. The Hall–Kier alpha value is -4.80. The first-order chi connectivity index (χ1) is 20.4.